The molecule has 13 heteroatoms. The number of benzene rings is 1. The molecular formula is C27H32F3N7O3. The molecule has 5 rings (SSSR count). The molecule has 3 aromatic rings. The summed E-state index contributed by atoms with van der Waals surface area (Å²) >= 11 is 0. The number of likely N-dealkylation sites (N-methyl/N-ethyl adjacent to an activating group) is 1. The van der Waals surface area contributed by atoms with E-state index >= 15 is 0 Å². The van der Waals surface area contributed by atoms with Crippen molar-refractivity contribution in [1.82, 2.24) is 24.6 Å². The molecule has 2 aliphatic heterocycles. The van der Waals surface area contributed by atoms with Crippen molar-refractivity contribution in [1.29, 1.82) is 0 Å². The molecule has 2 aliphatic rings. The number of rotatable bonds is 6. The minimum absolute atomic E-state index is 0.0195. The SMILES string of the molecule is C[C@@H](Nc1nn(C)c(=O)c2cnc(N3CCN(C(=O)C4CN(C)CCO4)CC3)cc12)c1cccc(C(F)F)c1F. The Kier molecular flexibility index (Phi) is 7.95. The third-order valence-electron chi connectivity index (χ3n) is 7.49. The molecule has 214 valence electrons. The van der Waals surface area contributed by atoms with E-state index in [1.165, 1.54) is 25.4 Å². The molecule has 0 saturated carbocycles. The van der Waals surface area contributed by atoms with Crippen LogP contribution >= 0.6 is 0 Å². The lowest BCUT2D eigenvalue weighted by Crippen LogP contribution is -2.55. The van der Waals surface area contributed by atoms with Gasteiger partial charge in [-0.2, -0.15) is 5.10 Å². The van der Waals surface area contributed by atoms with Gasteiger partial charge in [-0.05, 0) is 20.0 Å². The molecule has 1 unspecified atom stereocenters. The van der Waals surface area contributed by atoms with Gasteiger partial charge in [-0.1, -0.05) is 18.2 Å². The molecule has 40 heavy (non-hydrogen) atoms. The molecule has 0 radical (unpaired) electrons. The monoisotopic (exact) mass is 559 g/mol. The first-order valence-electron chi connectivity index (χ1n) is 13.2. The number of halogens is 3. The number of anilines is 2. The Labute approximate surface area is 229 Å². The smallest absolute Gasteiger partial charge is 0.276 e. The van der Waals surface area contributed by atoms with Gasteiger partial charge >= 0.3 is 0 Å². The average molecular weight is 560 g/mol. The van der Waals surface area contributed by atoms with Gasteiger partial charge in [0, 0.05) is 63.5 Å². The Bertz CT molecular complexity index is 1460. The van der Waals surface area contributed by atoms with Crippen molar-refractivity contribution < 1.29 is 22.7 Å². The molecule has 0 bridgehead atoms. The van der Waals surface area contributed by atoms with E-state index in [1.807, 2.05) is 11.9 Å². The zero-order valence-electron chi connectivity index (χ0n) is 22.6. The van der Waals surface area contributed by atoms with Gasteiger partial charge in [-0.3, -0.25) is 9.59 Å². The van der Waals surface area contributed by atoms with E-state index in [0.717, 1.165) is 17.3 Å². The third-order valence-corrected chi connectivity index (χ3v) is 7.49. The molecule has 2 atom stereocenters. The number of aromatic nitrogens is 3. The summed E-state index contributed by atoms with van der Waals surface area (Å²) < 4.78 is 48.2. The standard InChI is InChI=1S/C27H32F3N7O3/c1-16(17-5-4-6-18(23(17)28)24(29)30)32-25-19-13-22(31-14-20(19)26(38)35(3)33-25)36-7-9-37(10-8-36)27(39)21-15-34(2)11-12-40-21/h4-6,13-14,16,21,24H,7-12,15H2,1-3H3,(H,32,33)/t16-,21?/m1/s1. The van der Waals surface area contributed by atoms with Crippen LogP contribution in [0.3, 0.4) is 0 Å². The molecule has 0 spiro atoms. The van der Waals surface area contributed by atoms with Gasteiger partial charge in [0.25, 0.3) is 17.9 Å². The first-order chi connectivity index (χ1) is 19.1. The fourth-order valence-corrected chi connectivity index (χ4v) is 5.15. The first kappa shape index (κ1) is 27.8. The molecule has 2 fully saturated rings. The topological polar surface area (TPSA) is 95.8 Å². The number of hydrogen-bond donors (Lipinski definition) is 1. The number of nitrogens with zero attached hydrogens (tertiary/aromatic N) is 6. The minimum Gasteiger partial charge on any atom is -0.366 e. The number of alkyl halides is 2. The maximum atomic E-state index is 14.8. The van der Waals surface area contributed by atoms with Crippen molar-refractivity contribution in [2.75, 3.05) is 63.1 Å². The Morgan fingerprint density at radius 2 is 1.82 bits per heavy atom. The molecular weight excluding hydrogens is 527 g/mol. The summed E-state index contributed by atoms with van der Waals surface area (Å²) in [4.78, 5) is 36.2. The Morgan fingerprint density at radius 3 is 2.52 bits per heavy atom. The van der Waals surface area contributed by atoms with E-state index in [2.05, 4.69) is 20.3 Å². The maximum absolute atomic E-state index is 14.8. The van der Waals surface area contributed by atoms with Crippen LogP contribution < -0.4 is 15.8 Å². The fraction of sp³-hybridized carbons (Fsp3) is 0.481. The summed E-state index contributed by atoms with van der Waals surface area (Å²) in [6.07, 6.45) is -1.93. The summed E-state index contributed by atoms with van der Waals surface area (Å²) in [6, 6.07) is 4.89. The van der Waals surface area contributed by atoms with Crippen LogP contribution in [0.5, 0.6) is 0 Å². The number of piperazine rings is 1. The van der Waals surface area contributed by atoms with E-state index in [-0.39, 0.29) is 17.0 Å². The highest BCUT2D eigenvalue weighted by atomic mass is 19.3. The van der Waals surface area contributed by atoms with Crippen LogP contribution in [-0.2, 0) is 16.6 Å². The van der Waals surface area contributed by atoms with Crippen LogP contribution in [0.1, 0.15) is 30.5 Å². The maximum Gasteiger partial charge on any atom is 0.276 e. The lowest BCUT2D eigenvalue weighted by Gasteiger charge is -2.38. The first-order valence-corrected chi connectivity index (χ1v) is 13.2. The summed E-state index contributed by atoms with van der Waals surface area (Å²) in [5, 5.41) is 8.22. The molecule has 10 nitrogen and oxygen atoms in total. The highest BCUT2D eigenvalue weighted by Gasteiger charge is 2.31. The zero-order valence-corrected chi connectivity index (χ0v) is 22.6. The predicted molar refractivity (Wildman–Crippen MR) is 144 cm³/mol. The van der Waals surface area contributed by atoms with E-state index in [9.17, 15) is 22.8 Å². The van der Waals surface area contributed by atoms with Crippen molar-refractivity contribution >= 4 is 28.3 Å². The van der Waals surface area contributed by atoms with E-state index in [1.54, 1.807) is 17.9 Å². The second kappa shape index (κ2) is 11.4. The summed E-state index contributed by atoms with van der Waals surface area (Å²) in [5.41, 5.74) is -0.966. The van der Waals surface area contributed by atoms with Crippen LogP contribution in [0.25, 0.3) is 10.8 Å². The number of nitrogens with one attached hydrogen (secondary N) is 1. The lowest BCUT2D eigenvalue weighted by molar-refractivity contribution is -0.149. The number of morpholine rings is 1. The van der Waals surface area contributed by atoms with Gasteiger partial charge in [0.05, 0.1) is 23.6 Å². The molecule has 2 saturated heterocycles. The number of carbonyl (C=O) groups is 1. The Balaban J connectivity index is 1.37. The van der Waals surface area contributed by atoms with E-state index in [4.69, 9.17) is 4.74 Å². The van der Waals surface area contributed by atoms with Crippen molar-refractivity contribution in [2.45, 2.75) is 25.5 Å². The Hall–Kier alpha value is -3.71. The predicted octanol–water partition coefficient (Wildman–Crippen LogP) is 2.56. The zero-order chi connectivity index (χ0) is 28.6. The van der Waals surface area contributed by atoms with Gasteiger partial charge in [-0.25, -0.2) is 22.8 Å². The number of amides is 1. The molecule has 1 aromatic carbocycles. The largest absolute Gasteiger partial charge is 0.366 e. The van der Waals surface area contributed by atoms with Gasteiger partial charge in [0.15, 0.2) is 5.82 Å². The van der Waals surface area contributed by atoms with E-state index < -0.39 is 30.0 Å². The number of aryl methyl sites for hydroxylation is 1. The molecule has 4 heterocycles. The highest BCUT2D eigenvalue weighted by Crippen LogP contribution is 2.30. The molecule has 1 amide bonds. The van der Waals surface area contributed by atoms with Gasteiger partial charge in [0.1, 0.15) is 17.7 Å². The normalized spacial score (nSPS) is 19.3. The molecule has 2 aromatic heterocycles. The van der Waals surface area contributed by atoms with Gasteiger partial charge in [0.2, 0.25) is 0 Å². The fourth-order valence-electron chi connectivity index (χ4n) is 5.15. The number of carbonyl (C=O) groups excluding carboxylic acids is 1. The van der Waals surface area contributed by atoms with Crippen LogP contribution in [-0.4, -0.2) is 89.5 Å². The van der Waals surface area contributed by atoms with Crippen molar-refractivity contribution in [3.05, 3.63) is 57.8 Å². The van der Waals surface area contributed by atoms with Crippen LogP contribution in [0, 0.1) is 5.82 Å². The quantitative estimate of drug-likeness (QED) is 0.493. The highest BCUT2D eigenvalue weighted by molar-refractivity contribution is 5.92. The minimum atomic E-state index is -2.94. The van der Waals surface area contributed by atoms with Crippen LogP contribution in [0.4, 0.5) is 24.8 Å². The second-order valence-electron chi connectivity index (χ2n) is 10.2. The number of pyridine rings is 1. The number of hydrogen-bond acceptors (Lipinski definition) is 8. The number of fused-ring (bicyclic) bond motifs is 1. The van der Waals surface area contributed by atoms with Crippen molar-refractivity contribution in [3.63, 3.8) is 0 Å². The summed E-state index contributed by atoms with van der Waals surface area (Å²) in [7, 11) is 3.46. The third kappa shape index (κ3) is 5.48. The molecule has 0 aliphatic carbocycles. The van der Waals surface area contributed by atoms with E-state index in [0.29, 0.717) is 61.7 Å². The second-order valence-corrected chi connectivity index (χ2v) is 10.2. The van der Waals surface area contributed by atoms with Crippen LogP contribution in [0.15, 0.2) is 35.3 Å². The van der Waals surface area contributed by atoms with Gasteiger partial charge < -0.3 is 24.8 Å². The van der Waals surface area contributed by atoms with Crippen molar-refractivity contribution in [2.24, 2.45) is 7.05 Å². The van der Waals surface area contributed by atoms with Gasteiger partial charge in [-0.15, -0.1) is 0 Å². The summed E-state index contributed by atoms with van der Waals surface area (Å²) in [6.45, 7) is 5.61. The van der Waals surface area contributed by atoms with Crippen LogP contribution in [0.2, 0.25) is 0 Å². The summed E-state index contributed by atoms with van der Waals surface area (Å²) in [5.74, 6) is -0.104. The Morgan fingerprint density at radius 1 is 1.10 bits per heavy atom. The average Bonchev–Trinajstić information content (AvgIpc) is 2.95. The molecule has 1 N–H and O–H groups in total. The number of ether oxygens (including phenoxy) is 1. The van der Waals surface area contributed by atoms with Crippen molar-refractivity contribution in [3.8, 4) is 0 Å². The lowest BCUT2D eigenvalue weighted by atomic mass is 10.0.